The molecule has 0 atom stereocenters. The molecule has 0 aliphatic rings. The fourth-order valence-corrected chi connectivity index (χ4v) is 5.48. The van der Waals surface area contributed by atoms with Crippen molar-refractivity contribution in [2.24, 2.45) is 0 Å². The van der Waals surface area contributed by atoms with E-state index in [2.05, 4.69) is 53.3 Å². The number of nitrogens with zero attached hydrogens (tertiary/aromatic N) is 3. The second-order valence-corrected chi connectivity index (χ2v) is 10.6. The molecule has 4 rings (SSSR count). The number of benzene rings is 2. The Hall–Kier alpha value is -3.08. The van der Waals surface area contributed by atoms with Crippen LogP contribution in [0, 0.1) is 13.8 Å². The lowest BCUT2D eigenvalue weighted by atomic mass is 10.0. The van der Waals surface area contributed by atoms with E-state index in [1.807, 2.05) is 16.9 Å². The average molecular weight is 563 g/mol. The van der Waals surface area contributed by atoms with Crippen LogP contribution in [0.15, 0.2) is 65.7 Å². The zero-order valence-electron chi connectivity index (χ0n) is 19.9. The molecule has 1 N–H and O–H groups in total. The first-order valence-electron chi connectivity index (χ1n) is 11.1. The largest absolute Gasteiger partial charge is 0.416 e. The number of amides is 1. The van der Waals surface area contributed by atoms with Gasteiger partial charge in [-0.05, 0) is 37.6 Å². The summed E-state index contributed by atoms with van der Waals surface area (Å²) in [5.74, 6) is 0.0197. The van der Waals surface area contributed by atoms with E-state index >= 15 is 0 Å². The summed E-state index contributed by atoms with van der Waals surface area (Å²) < 4.78 is 41.0. The molecule has 0 unspecified atom stereocenters. The summed E-state index contributed by atoms with van der Waals surface area (Å²) in [7, 11) is 0. The van der Waals surface area contributed by atoms with Crippen LogP contribution in [-0.4, -0.2) is 26.4 Å². The minimum Gasteiger partial charge on any atom is -0.324 e. The molecule has 0 spiro atoms. The Morgan fingerprint density at radius 1 is 1.19 bits per heavy atom. The van der Waals surface area contributed by atoms with E-state index in [0.29, 0.717) is 17.5 Å². The fourth-order valence-electron chi connectivity index (χ4n) is 3.70. The third-order valence-electron chi connectivity index (χ3n) is 5.48. The SMILES string of the molecule is C=CCn1c(SCC(=O)Nc2cc(C(F)(F)F)ccc2Cl)nnc1-c1csc(C)c1-c1ccc(C)cc1. The molecule has 37 heavy (non-hydrogen) atoms. The van der Waals surface area contributed by atoms with Gasteiger partial charge in [-0.25, -0.2) is 0 Å². The van der Waals surface area contributed by atoms with Gasteiger partial charge in [0.05, 0.1) is 22.0 Å². The molecular weight excluding hydrogens is 541 g/mol. The van der Waals surface area contributed by atoms with Gasteiger partial charge in [-0.2, -0.15) is 13.2 Å². The highest BCUT2D eigenvalue weighted by molar-refractivity contribution is 7.99. The summed E-state index contributed by atoms with van der Waals surface area (Å²) in [6, 6.07) is 11.0. The predicted octanol–water partition coefficient (Wildman–Crippen LogP) is 7.88. The van der Waals surface area contributed by atoms with Crippen LogP contribution in [0.2, 0.25) is 5.02 Å². The zero-order valence-corrected chi connectivity index (χ0v) is 22.3. The van der Waals surface area contributed by atoms with Crippen molar-refractivity contribution in [2.45, 2.75) is 31.7 Å². The van der Waals surface area contributed by atoms with Gasteiger partial charge < -0.3 is 5.32 Å². The van der Waals surface area contributed by atoms with E-state index in [1.165, 1.54) is 0 Å². The van der Waals surface area contributed by atoms with Gasteiger partial charge in [0, 0.05) is 27.9 Å². The number of allylic oxidation sites excluding steroid dienone is 1. The second kappa shape index (κ2) is 11.1. The van der Waals surface area contributed by atoms with Crippen LogP contribution >= 0.6 is 34.7 Å². The topological polar surface area (TPSA) is 59.8 Å². The molecule has 2 heterocycles. The van der Waals surface area contributed by atoms with Gasteiger partial charge in [-0.1, -0.05) is 59.3 Å². The van der Waals surface area contributed by atoms with E-state index in [-0.39, 0.29) is 16.5 Å². The summed E-state index contributed by atoms with van der Waals surface area (Å²) in [6.07, 6.45) is -2.84. The molecule has 0 saturated carbocycles. The maximum Gasteiger partial charge on any atom is 0.416 e. The number of nitrogens with one attached hydrogen (secondary N) is 1. The minimum absolute atomic E-state index is 0.0138. The lowest BCUT2D eigenvalue weighted by molar-refractivity contribution is -0.137. The molecule has 0 aliphatic carbocycles. The highest BCUT2D eigenvalue weighted by atomic mass is 35.5. The Morgan fingerprint density at radius 3 is 2.59 bits per heavy atom. The molecule has 0 saturated heterocycles. The van der Waals surface area contributed by atoms with Crippen molar-refractivity contribution >= 4 is 46.3 Å². The van der Waals surface area contributed by atoms with Crippen LogP contribution in [0.1, 0.15) is 16.0 Å². The number of hydrogen-bond donors (Lipinski definition) is 1. The van der Waals surface area contributed by atoms with Crippen molar-refractivity contribution in [3.8, 4) is 22.5 Å². The number of rotatable bonds is 8. The second-order valence-electron chi connectivity index (χ2n) is 8.18. The minimum atomic E-state index is -4.55. The zero-order chi connectivity index (χ0) is 26.7. The summed E-state index contributed by atoms with van der Waals surface area (Å²) in [4.78, 5) is 13.7. The van der Waals surface area contributed by atoms with Crippen LogP contribution in [0.4, 0.5) is 18.9 Å². The molecule has 4 aromatic rings. The quantitative estimate of drug-likeness (QED) is 0.175. The molecule has 0 aliphatic heterocycles. The number of aryl methyl sites for hydroxylation is 2. The van der Waals surface area contributed by atoms with E-state index in [1.54, 1.807) is 17.4 Å². The van der Waals surface area contributed by atoms with Gasteiger partial charge in [0.2, 0.25) is 5.91 Å². The Morgan fingerprint density at radius 2 is 1.92 bits per heavy atom. The molecule has 11 heteroatoms. The molecule has 2 aromatic heterocycles. The molecule has 0 radical (unpaired) electrons. The van der Waals surface area contributed by atoms with Crippen LogP contribution in [0.5, 0.6) is 0 Å². The van der Waals surface area contributed by atoms with Gasteiger partial charge in [0.15, 0.2) is 11.0 Å². The first kappa shape index (κ1) is 27.0. The normalized spacial score (nSPS) is 11.5. The number of thiophene rings is 1. The number of hydrogen-bond acceptors (Lipinski definition) is 5. The smallest absolute Gasteiger partial charge is 0.324 e. The first-order valence-corrected chi connectivity index (χ1v) is 13.3. The number of halogens is 4. The lowest BCUT2D eigenvalue weighted by Crippen LogP contribution is -2.16. The van der Waals surface area contributed by atoms with Gasteiger partial charge in [-0.15, -0.1) is 28.1 Å². The van der Waals surface area contributed by atoms with E-state index in [4.69, 9.17) is 11.6 Å². The maximum absolute atomic E-state index is 13.0. The van der Waals surface area contributed by atoms with Crippen molar-refractivity contribution in [1.29, 1.82) is 0 Å². The van der Waals surface area contributed by atoms with Crippen molar-refractivity contribution in [3.63, 3.8) is 0 Å². The van der Waals surface area contributed by atoms with E-state index in [9.17, 15) is 18.0 Å². The number of thioether (sulfide) groups is 1. The van der Waals surface area contributed by atoms with Crippen molar-refractivity contribution in [1.82, 2.24) is 14.8 Å². The van der Waals surface area contributed by atoms with Gasteiger partial charge in [-0.3, -0.25) is 9.36 Å². The Labute approximate surface area is 225 Å². The molecule has 0 bridgehead atoms. The molecule has 2 aromatic carbocycles. The standard InChI is InChI=1S/C26H22ClF3N4OS2/c1-4-11-34-24(19-13-36-16(3)23(19)17-7-5-15(2)6-8-17)32-33-25(34)37-14-22(35)31-21-12-18(26(28,29)30)9-10-20(21)27/h4-10,12-13H,1,11,14H2,2-3H3,(H,31,35). The highest BCUT2D eigenvalue weighted by Crippen LogP contribution is 2.39. The molecule has 5 nitrogen and oxygen atoms in total. The van der Waals surface area contributed by atoms with E-state index < -0.39 is 17.6 Å². The maximum atomic E-state index is 13.0. The number of aromatic nitrogens is 3. The Kier molecular flexibility index (Phi) is 8.11. The number of carbonyl (C=O) groups is 1. The van der Waals surface area contributed by atoms with Crippen molar-refractivity contribution in [3.05, 3.63) is 81.5 Å². The summed E-state index contributed by atoms with van der Waals surface area (Å²) in [6.45, 7) is 8.32. The molecule has 1 amide bonds. The Bertz CT molecular complexity index is 1450. The predicted molar refractivity (Wildman–Crippen MR) is 144 cm³/mol. The summed E-state index contributed by atoms with van der Waals surface area (Å²) in [5, 5.41) is 13.7. The molecule has 192 valence electrons. The first-order chi connectivity index (χ1) is 17.6. The van der Waals surface area contributed by atoms with E-state index in [0.717, 1.165) is 57.1 Å². The van der Waals surface area contributed by atoms with Crippen LogP contribution in [-0.2, 0) is 17.5 Å². The van der Waals surface area contributed by atoms with Crippen molar-refractivity contribution in [2.75, 3.05) is 11.1 Å². The molecular formula is C26H22ClF3N4OS2. The average Bonchev–Trinajstić information content (AvgIpc) is 3.42. The van der Waals surface area contributed by atoms with Crippen LogP contribution < -0.4 is 5.32 Å². The number of alkyl halides is 3. The van der Waals surface area contributed by atoms with Crippen LogP contribution in [0.3, 0.4) is 0 Å². The highest BCUT2D eigenvalue weighted by Gasteiger charge is 2.31. The summed E-state index contributed by atoms with van der Waals surface area (Å²) >= 11 is 8.73. The van der Waals surface area contributed by atoms with Crippen molar-refractivity contribution < 1.29 is 18.0 Å². The monoisotopic (exact) mass is 562 g/mol. The Balaban J connectivity index is 1.56. The van der Waals surface area contributed by atoms with Gasteiger partial charge in [0.1, 0.15) is 0 Å². The lowest BCUT2D eigenvalue weighted by Gasteiger charge is -2.12. The van der Waals surface area contributed by atoms with Gasteiger partial charge in [0.25, 0.3) is 0 Å². The van der Waals surface area contributed by atoms with Gasteiger partial charge >= 0.3 is 6.18 Å². The fraction of sp³-hybridized carbons (Fsp3) is 0.192. The van der Waals surface area contributed by atoms with Crippen LogP contribution in [0.25, 0.3) is 22.5 Å². The number of carbonyl (C=O) groups excluding carboxylic acids is 1. The third-order valence-corrected chi connectivity index (χ3v) is 7.69. The number of anilines is 1. The summed E-state index contributed by atoms with van der Waals surface area (Å²) in [5.41, 5.74) is 3.22. The third kappa shape index (κ3) is 6.08. The molecule has 0 fully saturated rings.